The fourth-order valence-corrected chi connectivity index (χ4v) is 6.76. The Hall–Kier alpha value is -2.47. The molecule has 0 aromatic heterocycles. The van der Waals surface area contributed by atoms with E-state index in [2.05, 4.69) is 4.72 Å². The van der Waals surface area contributed by atoms with Gasteiger partial charge in [-0.05, 0) is 67.5 Å². The number of piperidine rings is 1. The van der Waals surface area contributed by atoms with Crippen LogP contribution in [0.5, 0.6) is 0 Å². The second-order valence-electron chi connectivity index (χ2n) is 9.34. The number of rotatable bonds is 6. The second kappa shape index (κ2) is 9.88. The van der Waals surface area contributed by atoms with Crippen molar-refractivity contribution in [3.8, 4) is 0 Å². The van der Waals surface area contributed by atoms with E-state index < -0.39 is 26.2 Å². The van der Waals surface area contributed by atoms with E-state index in [9.17, 15) is 26.7 Å². The molecule has 2 N–H and O–H groups in total. The molecule has 2 heterocycles. The highest BCUT2D eigenvalue weighted by Gasteiger charge is 2.32. The number of nitrogens with zero attached hydrogens (tertiary/aromatic N) is 2. The molecule has 1 atom stereocenters. The predicted octanol–water partition coefficient (Wildman–Crippen LogP) is 2.14. The lowest BCUT2D eigenvalue weighted by Crippen LogP contribution is -2.38. The van der Waals surface area contributed by atoms with E-state index in [0.717, 1.165) is 30.2 Å². The number of carbonyl (C=O) groups is 1. The summed E-state index contributed by atoms with van der Waals surface area (Å²) < 4.78 is 52.5. The quantitative estimate of drug-likeness (QED) is 0.600. The van der Waals surface area contributed by atoms with Crippen molar-refractivity contribution < 1.29 is 26.7 Å². The van der Waals surface area contributed by atoms with Gasteiger partial charge < -0.3 is 10.0 Å². The maximum Gasteiger partial charge on any atom is 0.253 e. The van der Waals surface area contributed by atoms with E-state index in [4.69, 9.17) is 0 Å². The number of benzene rings is 2. The highest BCUT2D eigenvalue weighted by atomic mass is 32.2. The first-order chi connectivity index (χ1) is 16.4. The number of hydrogen-bond acceptors (Lipinski definition) is 6. The van der Waals surface area contributed by atoms with E-state index in [-0.39, 0.29) is 23.3 Å². The molecule has 1 amide bonds. The number of aliphatic hydroxyl groups excluding tert-OH is 1. The summed E-state index contributed by atoms with van der Waals surface area (Å²) in [6.07, 6.45) is 2.41. The summed E-state index contributed by atoms with van der Waals surface area (Å²) in [6, 6.07) is 11.9. The van der Waals surface area contributed by atoms with Crippen molar-refractivity contribution in [2.24, 2.45) is 0 Å². The van der Waals surface area contributed by atoms with Gasteiger partial charge in [0.15, 0.2) is 0 Å². The topological polar surface area (TPSA) is 124 Å². The Balaban J connectivity index is 1.39. The van der Waals surface area contributed by atoms with Crippen molar-refractivity contribution in [2.45, 2.75) is 43.1 Å². The lowest BCUT2D eigenvalue weighted by atomic mass is 9.89. The molecule has 2 aliphatic heterocycles. The van der Waals surface area contributed by atoms with E-state index in [1.165, 1.54) is 4.31 Å². The van der Waals surface area contributed by atoms with Crippen molar-refractivity contribution in [2.75, 3.05) is 37.2 Å². The lowest BCUT2D eigenvalue weighted by molar-refractivity contribution is 0.0713. The van der Waals surface area contributed by atoms with Gasteiger partial charge in [0.25, 0.3) is 5.91 Å². The van der Waals surface area contributed by atoms with Crippen LogP contribution in [0, 0.1) is 6.92 Å². The van der Waals surface area contributed by atoms with Gasteiger partial charge >= 0.3 is 0 Å². The van der Waals surface area contributed by atoms with Crippen molar-refractivity contribution >= 4 is 31.6 Å². The molecule has 190 valence electrons. The highest BCUT2D eigenvalue weighted by molar-refractivity contribution is 7.92. The molecule has 0 saturated carbocycles. The molecular weight excluding hydrogens is 490 g/mol. The van der Waals surface area contributed by atoms with Crippen LogP contribution in [-0.2, 0) is 20.0 Å². The molecule has 2 fully saturated rings. The van der Waals surface area contributed by atoms with Crippen molar-refractivity contribution in [3.05, 3.63) is 59.2 Å². The molecule has 9 nitrogen and oxygen atoms in total. The number of anilines is 1. The summed E-state index contributed by atoms with van der Waals surface area (Å²) in [7, 11) is -7.06. The van der Waals surface area contributed by atoms with E-state index in [1.807, 2.05) is 12.1 Å². The molecule has 2 aliphatic rings. The zero-order valence-electron chi connectivity index (χ0n) is 19.8. The summed E-state index contributed by atoms with van der Waals surface area (Å²) in [5.74, 6) is 0.0686. The minimum atomic E-state index is -3.61. The van der Waals surface area contributed by atoms with Crippen LogP contribution in [0.2, 0.25) is 0 Å². The number of sulfonamides is 2. The second-order valence-corrected chi connectivity index (χ2v) is 13.0. The number of aliphatic hydroxyl groups is 1. The number of carbonyl (C=O) groups excluding carboxylic acids is 1. The Morgan fingerprint density at radius 3 is 2.20 bits per heavy atom. The van der Waals surface area contributed by atoms with E-state index >= 15 is 0 Å². The van der Waals surface area contributed by atoms with Gasteiger partial charge in [0.2, 0.25) is 20.0 Å². The average Bonchev–Trinajstić information content (AvgIpc) is 3.26. The molecule has 0 unspecified atom stereocenters. The average molecular weight is 522 g/mol. The number of hydrogen-bond donors (Lipinski definition) is 2. The van der Waals surface area contributed by atoms with Gasteiger partial charge in [0, 0.05) is 31.7 Å². The van der Waals surface area contributed by atoms with E-state index in [0.29, 0.717) is 37.3 Å². The van der Waals surface area contributed by atoms with Gasteiger partial charge in [-0.2, -0.15) is 4.31 Å². The first-order valence-corrected chi connectivity index (χ1v) is 14.9. The third-order valence-corrected chi connectivity index (χ3v) is 9.15. The Bertz CT molecular complexity index is 1300. The Kier molecular flexibility index (Phi) is 7.23. The van der Waals surface area contributed by atoms with Crippen LogP contribution in [0.1, 0.15) is 46.7 Å². The standard InChI is InChI=1S/C24H31N3O6S2/c1-17-3-4-20(15-23(17)25-34(2,30)31)24(29)26-12-9-19(10-13-26)18-5-7-22(8-6-18)35(32,33)27-14-11-21(28)16-27/h3-8,15,19,21,25,28H,9-14,16H2,1-2H3/t21-/m1/s1. The number of aryl methyl sites for hydroxylation is 1. The third kappa shape index (κ3) is 5.85. The maximum absolute atomic E-state index is 13.0. The fourth-order valence-electron chi connectivity index (χ4n) is 4.65. The molecular formula is C24H31N3O6S2. The Morgan fingerprint density at radius 2 is 1.63 bits per heavy atom. The van der Waals surface area contributed by atoms with Crippen LogP contribution in [0.3, 0.4) is 0 Å². The van der Waals surface area contributed by atoms with Crippen LogP contribution in [0.25, 0.3) is 0 Å². The highest BCUT2D eigenvalue weighted by Crippen LogP contribution is 2.31. The number of amides is 1. The molecule has 0 spiro atoms. The van der Waals surface area contributed by atoms with Crippen LogP contribution >= 0.6 is 0 Å². The largest absolute Gasteiger partial charge is 0.392 e. The third-order valence-electron chi connectivity index (χ3n) is 6.68. The lowest BCUT2D eigenvalue weighted by Gasteiger charge is -2.32. The summed E-state index contributed by atoms with van der Waals surface area (Å²) in [6.45, 7) is 3.34. The van der Waals surface area contributed by atoms with E-state index in [1.54, 1.807) is 42.2 Å². The minimum Gasteiger partial charge on any atom is -0.392 e. The first-order valence-electron chi connectivity index (χ1n) is 11.6. The number of likely N-dealkylation sites (tertiary alicyclic amines) is 1. The molecule has 0 bridgehead atoms. The minimum absolute atomic E-state index is 0.128. The number of nitrogens with one attached hydrogen (secondary N) is 1. The molecule has 0 radical (unpaired) electrons. The predicted molar refractivity (Wildman–Crippen MR) is 133 cm³/mol. The maximum atomic E-state index is 13.0. The monoisotopic (exact) mass is 521 g/mol. The summed E-state index contributed by atoms with van der Waals surface area (Å²) in [5, 5.41) is 9.67. The molecule has 35 heavy (non-hydrogen) atoms. The van der Waals surface area contributed by atoms with Gasteiger partial charge in [0.1, 0.15) is 0 Å². The normalized spacial score (nSPS) is 20.2. The zero-order valence-corrected chi connectivity index (χ0v) is 21.5. The molecule has 0 aliphatic carbocycles. The van der Waals surface area contributed by atoms with Crippen LogP contribution in [0.4, 0.5) is 5.69 Å². The van der Waals surface area contributed by atoms with Crippen LogP contribution in [0.15, 0.2) is 47.4 Å². The first kappa shape index (κ1) is 25.6. The summed E-state index contributed by atoms with van der Waals surface area (Å²) in [4.78, 5) is 15.0. The fraction of sp³-hybridized carbons (Fsp3) is 0.458. The zero-order chi connectivity index (χ0) is 25.4. The Morgan fingerprint density at radius 1 is 0.971 bits per heavy atom. The smallest absolute Gasteiger partial charge is 0.253 e. The van der Waals surface area contributed by atoms with Gasteiger partial charge in [-0.25, -0.2) is 16.8 Å². The Labute approximate surface area is 206 Å². The van der Waals surface area contributed by atoms with Crippen LogP contribution < -0.4 is 4.72 Å². The number of β-amino-alcohol motifs (C(OH)–C–C–N with tert-alkyl or cyclic N) is 1. The van der Waals surface area contributed by atoms with Crippen molar-refractivity contribution in [1.82, 2.24) is 9.21 Å². The summed E-state index contributed by atoms with van der Waals surface area (Å²) in [5.41, 5.74) is 2.60. The molecule has 2 saturated heterocycles. The van der Waals surface area contributed by atoms with Crippen molar-refractivity contribution in [3.63, 3.8) is 0 Å². The SMILES string of the molecule is Cc1ccc(C(=O)N2CCC(c3ccc(S(=O)(=O)N4CC[C@@H](O)C4)cc3)CC2)cc1NS(C)(=O)=O. The van der Waals surface area contributed by atoms with Gasteiger partial charge in [0.05, 0.1) is 22.9 Å². The van der Waals surface area contributed by atoms with Gasteiger partial charge in [-0.15, -0.1) is 0 Å². The van der Waals surface area contributed by atoms with Gasteiger partial charge in [-0.1, -0.05) is 18.2 Å². The molecule has 2 aromatic rings. The van der Waals surface area contributed by atoms with Crippen LogP contribution in [-0.4, -0.2) is 75.6 Å². The van der Waals surface area contributed by atoms with Gasteiger partial charge in [-0.3, -0.25) is 9.52 Å². The molecule has 4 rings (SSSR count). The summed E-state index contributed by atoms with van der Waals surface area (Å²) >= 11 is 0. The molecule has 2 aromatic carbocycles. The van der Waals surface area contributed by atoms with Crippen molar-refractivity contribution in [1.29, 1.82) is 0 Å². The molecule has 11 heteroatoms.